The van der Waals surface area contributed by atoms with Crippen LogP contribution < -0.4 is 10.2 Å². The Morgan fingerprint density at radius 1 is 0.909 bits per heavy atom. The summed E-state index contributed by atoms with van der Waals surface area (Å²) in [5, 5.41) is 19.3. The third-order valence-corrected chi connectivity index (χ3v) is 0.664. The van der Waals surface area contributed by atoms with Crippen molar-refractivity contribution in [1.29, 1.82) is 0 Å². The second-order valence-electron chi connectivity index (χ2n) is 1.61. The summed E-state index contributed by atoms with van der Waals surface area (Å²) in [7, 11) is 2.77. The molecule has 0 saturated carbocycles. The molecule has 0 bridgehead atoms. The molecule has 11 heavy (non-hydrogen) atoms. The van der Waals surface area contributed by atoms with Gasteiger partial charge in [0.1, 0.15) is 0 Å². The van der Waals surface area contributed by atoms with Gasteiger partial charge in [-0.25, -0.2) is 0 Å². The average molecular weight is 214 g/mol. The molecular formula is C6H14CuO4. The number of methoxy groups -OCH3 is 2. The van der Waals surface area contributed by atoms with E-state index in [4.69, 9.17) is 0 Å². The Balaban J connectivity index is -0.000000107. The molecule has 0 aromatic carbocycles. The SMILES string of the molecule is COC(C)[O-].COC(C)[O-].[Cu+2]. The second-order valence-corrected chi connectivity index (χ2v) is 1.61. The van der Waals surface area contributed by atoms with E-state index in [1.807, 2.05) is 0 Å². The zero-order valence-corrected chi connectivity index (χ0v) is 8.03. The van der Waals surface area contributed by atoms with E-state index < -0.39 is 12.6 Å². The fourth-order valence-electron chi connectivity index (χ4n) is 0. The molecule has 4 nitrogen and oxygen atoms in total. The number of hydrogen-bond acceptors (Lipinski definition) is 4. The van der Waals surface area contributed by atoms with Crippen LogP contribution in [0.1, 0.15) is 13.8 Å². The number of hydrogen-bond donors (Lipinski definition) is 0. The molecule has 0 aromatic rings. The van der Waals surface area contributed by atoms with Gasteiger partial charge < -0.3 is 19.7 Å². The molecule has 0 aliphatic carbocycles. The molecule has 0 heterocycles. The van der Waals surface area contributed by atoms with Gasteiger partial charge in [0.05, 0.1) is 0 Å². The number of rotatable bonds is 2. The Bertz CT molecular complexity index is 50.5. The number of ether oxygens (including phenoxy) is 2. The molecule has 2 unspecified atom stereocenters. The van der Waals surface area contributed by atoms with Gasteiger partial charge in [0.25, 0.3) is 0 Å². The van der Waals surface area contributed by atoms with Crippen LogP contribution >= 0.6 is 0 Å². The summed E-state index contributed by atoms with van der Waals surface area (Å²) in [4.78, 5) is 0. The quantitative estimate of drug-likeness (QED) is 0.422. The van der Waals surface area contributed by atoms with Gasteiger partial charge in [-0.05, 0) is 12.6 Å². The van der Waals surface area contributed by atoms with Crippen molar-refractivity contribution in [2.24, 2.45) is 0 Å². The van der Waals surface area contributed by atoms with E-state index in [-0.39, 0.29) is 17.1 Å². The molecule has 0 aliphatic heterocycles. The third-order valence-electron chi connectivity index (χ3n) is 0.664. The summed E-state index contributed by atoms with van der Waals surface area (Å²) in [5.41, 5.74) is 0. The molecule has 0 spiro atoms. The zero-order valence-electron chi connectivity index (χ0n) is 7.09. The van der Waals surface area contributed by atoms with Crippen LogP contribution in [0, 0.1) is 0 Å². The Hall–Kier alpha value is 0.359. The summed E-state index contributed by atoms with van der Waals surface area (Å²) >= 11 is 0. The van der Waals surface area contributed by atoms with Crippen molar-refractivity contribution in [2.75, 3.05) is 14.2 Å². The minimum atomic E-state index is -0.866. The molecule has 0 amide bonds. The normalized spacial score (nSPS) is 13.6. The summed E-state index contributed by atoms with van der Waals surface area (Å²) in [6.45, 7) is 2.89. The summed E-state index contributed by atoms with van der Waals surface area (Å²) in [5.74, 6) is 0. The predicted octanol–water partition coefficient (Wildman–Crippen LogP) is -1.32. The van der Waals surface area contributed by atoms with E-state index in [9.17, 15) is 10.2 Å². The van der Waals surface area contributed by atoms with Crippen molar-refractivity contribution in [2.45, 2.75) is 26.4 Å². The van der Waals surface area contributed by atoms with Crippen molar-refractivity contribution in [3.63, 3.8) is 0 Å². The van der Waals surface area contributed by atoms with Crippen LogP contribution in [0.2, 0.25) is 0 Å². The van der Waals surface area contributed by atoms with E-state index in [1.165, 1.54) is 28.1 Å². The van der Waals surface area contributed by atoms with Crippen LogP contribution in [-0.4, -0.2) is 26.8 Å². The maximum absolute atomic E-state index is 9.67. The Kier molecular flexibility index (Phi) is 20.6. The van der Waals surface area contributed by atoms with Crippen molar-refractivity contribution in [1.82, 2.24) is 0 Å². The van der Waals surface area contributed by atoms with E-state index in [0.717, 1.165) is 0 Å². The Labute approximate surface area is 78.0 Å². The average Bonchev–Trinajstić information content (AvgIpc) is 1.89. The van der Waals surface area contributed by atoms with Gasteiger partial charge in [-0.3, -0.25) is 0 Å². The van der Waals surface area contributed by atoms with Crippen LogP contribution in [0.25, 0.3) is 0 Å². The van der Waals surface area contributed by atoms with Gasteiger partial charge in [-0.15, -0.1) is 0 Å². The monoisotopic (exact) mass is 213 g/mol. The van der Waals surface area contributed by atoms with Gasteiger partial charge in [0, 0.05) is 14.2 Å². The third kappa shape index (κ3) is 38.1. The second kappa shape index (κ2) is 13.0. The first-order valence-electron chi connectivity index (χ1n) is 2.91. The molecule has 0 saturated heterocycles. The first-order valence-corrected chi connectivity index (χ1v) is 2.91. The van der Waals surface area contributed by atoms with Gasteiger partial charge >= 0.3 is 17.1 Å². The molecular weight excluding hydrogens is 200 g/mol. The summed E-state index contributed by atoms with van der Waals surface area (Å²) in [6.07, 6.45) is -1.73. The molecule has 5 heteroatoms. The van der Waals surface area contributed by atoms with E-state index >= 15 is 0 Å². The molecule has 0 aliphatic rings. The van der Waals surface area contributed by atoms with Gasteiger partial charge in [-0.1, -0.05) is 13.8 Å². The summed E-state index contributed by atoms with van der Waals surface area (Å²) in [6, 6.07) is 0. The van der Waals surface area contributed by atoms with Crippen molar-refractivity contribution < 1.29 is 36.8 Å². The van der Waals surface area contributed by atoms with Crippen molar-refractivity contribution in [3.05, 3.63) is 0 Å². The van der Waals surface area contributed by atoms with Crippen LogP contribution in [0.3, 0.4) is 0 Å². The summed E-state index contributed by atoms with van der Waals surface area (Å²) < 4.78 is 8.39. The predicted molar refractivity (Wildman–Crippen MR) is 32.9 cm³/mol. The minimum Gasteiger partial charge on any atom is -0.831 e. The Morgan fingerprint density at radius 3 is 1.00 bits per heavy atom. The van der Waals surface area contributed by atoms with Crippen LogP contribution in [0.15, 0.2) is 0 Å². The maximum atomic E-state index is 9.67. The zero-order chi connectivity index (χ0) is 8.57. The molecule has 0 rings (SSSR count). The van der Waals surface area contributed by atoms with Crippen LogP contribution in [0.4, 0.5) is 0 Å². The van der Waals surface area contributed by atoms with E-state index in [2.05, 4.69) is 9.47 Å². The molecule has 0 aromatic heterocycles. The van der Waals surface area contributed by atoms with Gasteiger partial charge in [0.2, 0.25) is 0 Å². The van der Waals surface area contributed by atoms with Crippen LogP contribution in [-0.2, 0) is 26.5 Å². The first-order chi connectivity index (χ1) is 4.54. The van der Waals surface area contributed by atoms with E-state index in [1.54, 1.807) is 0 Å². The molecule has 0 N–H and O–H groups in total. The smallest absolute Gasteiger partial charge is 0.831 e. The standard InChI is InChI=1S/2C3H7O2.Cu/c2*1-3(4)5-2;/h2*3H,1-2H3;/q2*-1;+2. The van der Waals surface area contributed by atoms with Gasteiger partial charge in [0.15, 0.2) is 0 Å². The maximum Gasteiger partial charge on any atom is 2.00 e. The molecule has 0 fully saturated rings. The fraction of sp³-hybridized carbons (Fsp3) is 1.00. The topological polar surface area (TPSA) is 64.6 Å². The minimum absolute atomic E-state index is 0. The van der Waals surface area contributed by atoms with Crippen molar-refractivity contribution >= 4 is 0 Å². The largest absolute Gasteiger partial charge is 2.00 e. The molecule has 1 radical (unpaired) electrons. The Morgan fingerprint density at radius 2 is 1.00 bits per heavy atom. The first kappa shape index (κ1) is 17.4. The van der Waals surface area contributed by atoms with Crippen molar-refractivity contribution in [3.8, 4) is 0 Å². The fourth-order valence-corrected chi connectivity index (χ4v) is 0. The molecule has 73 valence electrons. The van der Waals surface area contributed by atoms with Crippen LogP contribution in [0.5, 0.6) is 0 Å². The van der Waals surface area contributed by atoms with E-state index in [0.29, 0.717) is 0 Å². The molecule has 2 atom stereocenters. The van der Waals surface area contributed by atoms with Gasteiger partial charge in [-0.2, -0.15) is 0 Å².